The number of carbonyl (C=O) groups is 1. The van der Waals surface area contributed by atoms with Crippen molar-refractivity contribution in [3.8, 4) is 0 Å². The lowest BCUT2D eigenvalue weighted by molar-refractivity contribution is 0.0387. The molecular formula is C11H12BrClO5S. The highest BCUT2D eigenvalue weighted by Crippen LogP contribution is 2.27. The van der Waals surface area contributed by atoms with E-state index < -0.39 is 15.0 Å². The van der Waals surface area contributed by atoms with Crippen molar-refractivity contribution in [1.29, 1.82) is 0 Å². The number of methoxy groups -OCH3 is 1. The summed E-state index contributed by atoms with van der Waals surface area (Å²) in [7, 11) is 2.83. The molecule has 0 saturated heterocycles. The zero-order chi connectivity index (χ0) is 14.6. The van der Waals surface area contributed by atoms with Gasteiger partial charge in [-0.1, -0.05) is 15.9 Å². The predicted octanol–water partition coefficient (Wildman–Crippen LogP) is 2.49. The van der Waals surface area contributed by atoms with Crippen molar-refractivity contribution < 1.29 is 22.7 Å². The van der Waals surface area contributed by atoms with Gasteiger partial charge in [-0.25, -0.2) is 13.2 Å². The van der Waals surface area contributed by atoms with Gasteiger partial charge in [0, 0.05) is 22.3 Å². The van der Waals surface area contributed by atoms with Gasteiger partial charge in [0.25, 0.3) is 9.05 Å². The van der Waals surface area contributed by atoms with Crippen molar-refractivity contribution >= 4 is 41.6 Å². The Morgan fingerprint density at radius 3 is 2.53 bits per heavy atom. The Morgan fingerprint density at radius 2 is 2.00 bits per heavy atom. The minimum absolute atomic E-state index is 0.0875. The van der Waals surface area contributed by atoms with Crippen LogP contribution < -0.4 is 0 Å². The van der Waals surface area contributed by atoms with Gasteiger partial charge < -0.3 is 9.47 Å². The molecule has 5 nitrogen and oxygen atoms in total. The van der Waals surface area contributed by atoms with E-state index in [-0.39, 0.29) is 23.7 Å². The molecule has 1 rings (SSSR count). The van der Waals surface area contributed by atoms with Crippen molar-refractivity contribution in [2.45, 2.75) is 11.8 Å². The molecule has 19 heavy (non-hydrogen) atoms. The van der Waals surface area contributed by atoms with Gasteiger partial charge >= 0.3 is 5.97 Å². The molecule has 1 aromatic carbocycles. The summed E-state index contributed by atoms with van der Waals surface area (Å²) in [4.78, 5) is 11.7. The topological polar surface area (TPSA) is 69.7 Å². The van der Waals surface area contributed by atoms with Crippen LogP contribution in [0.25, 0.3) is 0 Å². The summed E-state index contributed by atoms with van der Waals surface area (Å²) in [5, 5.41) is 0. The first-order valence-corrected chi connectivity index (χ1v) is 8.28. The largest absolute Gasteiger partial charge is 0.460 e. The zero-order valence-corrected chi connectivity index (χ0v) is 13.4. The first kappa shape index (κ1) is 16.4. The van der Waals surface area contributed by atoms with Gasteiger partial charge in [0.2, 0.25) is 0 Å². The van der Waals surface area contributed by atoms with Crippen LogP contribution in [0.1, 0.15) is 15.9 Å². The second kappa shape index (κ2) is 6.69. The van der Waals surface area contributed by atoms with Gasteiger partial charge in [-0.3, -0.25) is 0 Å². The lowest BCUT2D eigenvalue weighted by atomic mass is 10.1. The Bertz CT molecular complexity index is 585. The molecule has 0 bridgehead atoms. The maximum absolute atomic E-state index is 11.8. The van der Waals surface area contributed by atoms with Crippen molar-refractivity contribution in [1.82, 2.24) is 0 Å². The average Bonchev–Trinajstić information content (AvgIpc) is 2.31. The molecule has 0 N–H and O–H groups in total. The van der Waals surface area contributed by atoms with E-state index in [1.807, 2.05) is 0 Å². The second-order valence-corrected chi connectivity index (χ2v) is 7.06. The number of rotatable bonds is 5. The maximum Gasteiger partial charge on any atom is 0.338 e. The molecule has 0 radical (unpaired) electrons. The van der Waals surface area contributed by atoms with Crippen LogP contribution in [0.3, 0.4) is 0 Å². The maximum atomic E-state index is 11.8. The molecule has 0 spiro atoms. The van der Waals surface area contributed by atoms with Crippen LogP contribution in [-0.2, 0) is 18.5 Å². The number of halogens is 2. The van der Waals surface area contributed by atoms with Crippen LogP contribution in [0.15, 0.2) is 21.5 Å². The summed E-state index contributed by atoms with van der Waals surface area (Å²) < 4.78 is 32.8. The predicted molar refractivity (Wildman–Crippen MR) is 74.1 cm³/mol. The molecule has 0 aromatic heterocycles. The van der Waals surface area contributed by atoms with Crippen LogP contribution in [0.4, 0.5) is 0 Å². The van der Waals surface area contributed by atoms with Crippen LogP contribution in [0.2, 0.25) is 0 Å². The smallest absolute Gasteiger partial charge is 0.338 e. The van der Waals surface area contributed by atoms with Gasteiger partial charge in [-0.05, 0) is 24.6 Å². The Kier molecular flexibility index (Phi) is 5.79. The van der Waals surface area contributed by atoms with Gasteiger partial charge in [-0.15, -0.1) is 0 Å². The molecular weight excluding hydrogens is 360 g/mol. The molecule has 0 aliphatic heterocycles. The van der Waals surface area contributed by atoms with E-state index in [2.05, 4.69) is 15.9 Å². The number of carbonyl (C=O) groups excluding carboxylic acids is 1. The average molecular weight is 372 g/mol. The lowest BCUT2D eigenvalue weighted by Gasteiger charge is -2.09. The lowest BCUT2D eigenvalue weighted by Crippen LogP contribution is -2.12. The Morgan fingerprint density at radius 1 is 1.37 bits per heavy atom. The minimum atomic E-state index is -3.91. The summed E-state index contributed by atoms with van der Waals surface area (Å²) >= 11 is 3.18. The molecule has 0 amide bonds. The molecule has 0 atom stereocenters. The zero-order valence-electron chi connectivity index (χ0n) is 10.3. The molecule has 1 aromatic rings. The highest BCUT2D eigenvalue weighted by Gasteiger charge is 2.19. The highest BCUT2D eigenvalue weighted by atomic mass is 79.9. The van der Waals surface area contributed by atoms with Crippen LogP contribution in [0.5, 0.6) is 0 Å². The van der Waals surface area contributed by atoms with E-state index in [0.717, 1.165) is 0 Å². The van der Waals surface area contributed by atoms with Crippen LogP contribution in [-0.4, -0.2) is 34.7 Å². The first-order chi connectivity index (χ1) is 8.77. The third-order valence-electron chi connectivity index (χ3n) is 2.34. The van der Waals surface area contributed by atoms with Crippen LogP contribution in [0, 0.1) is 6.92 Å². The normalized spacial score (nSPS) is 11.4. The summed E-state index contributed by atoms with van der Waals surface area (Å²) in [6.45, 7) is 2.02. The summed E-state index contributed by atoms with van der Waals surface area (Å²) in [6.07, 6.45) is 0. The molecule has 0 saturated carbocycles. The quantitative estimate of drug-likeness (QED) is 0.452. The van der Waals surface area contributed by atoms with Crippen molar-refractivity contribution in [2.75, 3.05) is 20.3 Å². The van der Waals surface area contributed by atoms with Gasteiger partial charge in [0.05, 0.1) is 17.1 Å². The Balaban J connectivity index is 3.13. The fraction of sp³-hybridized carbons (Fsp3) is 0.364. The highest BCUT2D eigenvalue weighted by molar-refractivity contribution is 9.10. The molecule has 0 aliphatic rings. The second-order valence-electron chi connectivity index (χ2n) is 3.64. The SMILES string of the molecule is COCCOC(=O)c1cc(S(=O)(=O)Cl)cc(Br)c1C. The van der Waals surface area contributed by atoms with E-state index in [0.29, 0.717) is 10.0 Å². The first-order valence-electron chi connectivity index (χ1n) is 5.18. The molecule has 0 unspecified atom stereocenters. The summed E-state index contributed by atoms with van der Waals surface area (Å²) in [5.74, 6) is -0.627. The van der Waals surface area contributed by atoms with E-state index in [1.165, 1.54) is 19.2 Å². The van der Waals surface area contributed by atoms with E-state index in [9.17, 15) is 13.2 Å². The van der Waals surface area contributed by atoms with Gasteiger partial charge in [-0.2, -0.15) is 0 Å². The molecule has 0 heterocycles. The number of hydrogen-bond acceptors (Lipinski definition) is 5. The molecule has 8 heteroatoms. The minimum Gasteiger partial charge on any atom is -0.460 e. The van der Waals surface area contributed by atoms with E-state index in [1.54, 1.807) is 6.92 Å². The van der Waals surface area contributed by atoms with Crippen molar-refractivity contribution in [2.24, 2.45) is 0 Å². The Labute approximate surface area is 124 Å². The third-order valence-corrected chi connectivity index (χ3v) is 4.50. The number of benzene rings is 1. The van der Waals surface area contributed by atoms with Gasteiger partial charge in [0.15, 0.2) is 0 Å². The fourth-order valence-electron chi connectivity index (χ4n) is 1.30. The number of ether oxygens (including phenoxy) is 2. The van der Waals surface area contributed by atoms with E-state index >= 15 is 0 Å². The van der Waals surface area contributed by atoms with Crippen molar-refractivity contribution in [3.05, 3.63) is 27.7 Å². The van der Waals surface area contributed by atoms with E-state index in [4.69, 9.17) is 20.2 Å². The number of esters is 1. The summed E-state index contributed by atoms with van der Waals surface area (Å²) in [5.41, 5.74) is 0.719. The Hall–Kier alpha value is -0.630. The number of hydrogen-bond donors (Lipinski definition) is 0. The van der Waals surface area contributed by atoms with Crippen molar-refractivity contribution in [3.63, 3.8) is 0 Å². The molecule has 106 valence electrons. The fourth-order valence-corrected chi connectivity index (χ4v) is 2.70. The molecule has 0 aliphatic carbocycles. The molecule has 0 fully saturated rings. The summed E-state index contributed by atoms with van der Waals surface area (Å²) in [6, 6.07) is 2.53. The standard InChI is InChI=1S/C11H12BrClO5S/c1-7-9(11(14)18-4-3-17-2)5-8(6-10(7)12)19(13,15)16/h5-6H,3-4H2,1-2H3. The van der Waals surface area contributed by atoms with Crippen LogP contribution >= 0.6 is 26.6 Å². The monoisotopic (exact) mass is 370 g/mol. The third kappa shape index (κ3) is 4.45. The van der Waals surface area contributed by atoms with Gasteiger partial charge in [0.1, 0.15) is 6.61 Å².